The molecule has 0 bridgehead atoms. The van der Waals surface area contributed by atoms with Crippen molar-refractivity contribution >= 4 is 5.91 Å². The summed E-state index contributed by atoms with van der Waals surface area (Å²) in [6.07, 6.45) is 2.39. The first-order chi connectivity index (χ1) is 9.11. The zero-order chi connectivity index (χ0) is 13.8. The summed E-state index contributed by atoms with van der Waals surface area (Å²) in [5, 5.41) is 0. The Balaban J connectivity index is 2.06. The lowest BCUT2D eigenvalue weighted by atomic mass is 9.90. The number of carbonyl (C=O) groups excluding carboxylic acids is 1. The molecule has 0 spiro atoms. The third-order valence-corrected chi connectivity index (χ3v) is 3.92. The molecule has 2 rings (SSSR count). The van der Waals surface area contributed by atoms with Crippen molar-refractivity contribution in [1.82, 2.24) is 4.90 Å². The van der Waals surface area contributed by atoms with Crippen LogP contribution < -0.4 is 5.73 Å². The molecule has 4 heteroatoms. The smallest absolute Gasteiger partial charge is 0.227 e. The summed E-state index contributed by atoms with van der Waals surface area (Å²) in [5.41, 5.74) is 6.51. The molecule has 1 aliphatic rings. The molecule has 1 amide bonds. The molecule has 1 heterocycles. The number of likely N-dealkylation sites (tertiary alicyclic amines) is 1. The highest BCUT2D eigenvalue weighted by atomic mass is 19.1. The van der Waals surface area contributed by atoms with Gasteiger partial charge in [-0.15, -0.1) is 0 Å². The van der Waals surface area contributed by atoms with Gasteiger partial charge < -0.3 is 10.6 Å². The third kappa shape index (κ3) is 3.32. The van der Waals surface area contributed by atoms with E-state index in [1.165, 1.54) is 12.1 Å². The van der Waals surface area contributed by atoms with Crippen molar-refractivity contribution in [3.05, 3.63) is 35.6 Å². The van der Waals surface area contributed by atoms with E-state index < -0.39 is 0 Å². The highest BCUT2D eigenvalue weighted by Crippen LogP contribution is 2.23. The fourth-order valence-corrected chi connectivity index (χ4v) is 2.84. The number of nitrogens with zero attached hydrogens (tertiary/aromatic N) is 1. The standard InChI is InChI=1S/C15H21FN2O/c1-11-4-3-7-18(14(11)10-17)15(19)9-12-5-2-6-13(16)8-12/h2,5-6,8,11,14H,3-4,7,9-10,17H2,1H3. The van der Waals surface area contributed by atoms with Crippen LogP contribution in [0.3, 0.4) is 0 Å². The van der Waals surface area contributed by atoms with E-state index in [4.69, 9.17) is 5.73 Å². The summed E-state index contributed by atoms with van der Waals surface area (Å²) in [4.78, 5) is 14.2. The second kappa shape index (κ2) is 6.15. The molecule has 1 aliphatic heterocycles. The Morgan fingerprint density at radius 2 is 2.32 bits per heavy atom. The normalized spacial score (nSPS) is 23.4. The fraction of sp³-hybridized carbons (Fsp3) is 0.533. The SMILES string of the molecule is CC1CCCN(C(=O)Cc2cccc(F)c2)C1CN. The Hall–Kier alpha value is -1.42. The van der Waals surface area contributed by atoms with Crippen LogP contribution in [0, 0.1) is 11.7 Å². The molecule has 2 N–H and O–H groups in total. The Labute approximate surface area is 113 Å². The molecule has 0 saturated carbocycles. The zero-order valence-corrected chi connectivity index (χ0v) is 11.3. The number of rotatable bonds is 3. The molecule has 1 fully saturated rings. The number of amides is 1. The topological polar surface area (TPSA) is 46.3 Å². The summed E-state index contributed by atoms with van der Waals surface area (Å²) in [6, 6.07) is 6.35. The van der Waals surface area contributed by atoms with Gasteiger partial charge in [-0.3, -0.25) is 4.79 Å². The van der Waals surface area contributed by atoms with E-state index in [2.05, 4.69) is 6.92 Å². The highest BCUT2D eigenvalue weighted by molar-refractivity contribution is 5.79. The molecule has 3 nitrogen and oxygen atoms in total. The van der Waals surface area contributed by atoms with Crippen LogP contribution in [-0.2, 0) is 11.2 Å². The van der Waals surface area contributed by atoms with Crippen LogP contribution in [0.15, 0.2) is 24.3 Å². The average Bonchev–Trinajstić information content (AvgIpc) is 2.38. The van der Waals surface area contributed by atoms with Crippen LogP contribution in [0.1, 0.15) is 25.3 Å². The van der Waals surface area contributed by atoms with Gasteiger partial charge in [-0.2, -0.15) is 0 Å². The predicted octanol–water partition coefficient (Wildman–Crippen LogP) is 1.95. The van der Waals surface area contributed by atoms with Crippen LogP contribution in [-0.4, -0.2) is 29.9 Å². The number of benzene rings is 1. The lowest BCUT2D eigenvalue weighted by molar-refractivity contribution is -0.135. The van der Waals surface area contributed by atoms with Gasteiger partial charge in [0.15, 0.2) is 0 Å². The van der Waals surface area contributed by atoms with E-state index in [-0.39, 0.29) is 24.2 Å². The molecule has 1 aromatic rings. The first-order valence-corrected chi connectivity index (χ1v) is 6.86. The molecule has 2 atom stereocenters. The molecule has 0 aliphatic carbocycles. The van der Waals surface area contributed by atoms with Crippen LogP contribution >= 0.6 is 0 Å². The second-order valence-electron chi connectivity index (χ2n) is 5.32. The Morgan fingerprint density at radius 1 is 1.53 bits per heavy atom. The van der Waals surface area contributed by atoms with Gasteiger partial charge >= 0.3 is 0 Å². The monoisotopic (exact) mass is 264 g/mol. The van der Waals surface area contributed by atoms with Crippen LogP contribution in [0.2, 0.25) is 0 Å². The Morgan fingerprint density at radius 3 is 3.00 bits per heavy atom. The molecule has 104 valence electrons. The van der Waals surface area contributed by atoms with Gasteiger partial charge in [-0.05, 0) is 36.5 Å². The van der Waals surface area contributed by atoms with E-state index in [1.54, 1.807) is 12.1 Å². The third-order valence-electron chi connectivity index (χ3n) is 3.92. The minimum absolute atomic E-state index is 0.0487. The van der Waals surface area contributed by atoms with Crippen LogP contribution in [0.25, 0.3) is 0 Å². The second-order valence-corrected chi connectivity index (χ2v) is 5.32. The largest absolute Gasteiger partial charge is 0.338 e. The van der Waals surface area contributed by atoms with E-state index in [1.807, 2.05) is 4.90 Å². The summed E-state index contributed by atoms with van der Waals surface area (Å²) in [5.74, 6) is 0.190. The van der Waals surface area contributed by atoms with Gasteiger partial charge in [0.2, 0.25) is 5.91 Å². The number of carbonyl (C=O) groups is 1. The summed E-state index contributed by atoms with van der Waals surface area (Å²) in [6.45, 7) is 3.40. The molecule has 19 heavy (non-hydrogen) atoms. The fourth-order valence-electron chi connectivity index (χ4n) is 2.84. The lowest BCUT2D eigenvalue weighted by Crippen LogP contribution is -2.51. The van der Waals surface area contributed by atoms with Gasteiger partial charge in [0.05, 0.1) is 6.42 Å². The summed E-state index contributed by atoms with van der Waals surface area (Å²) < 4.78 is 13.1. The maximum Gasteiger partial charge on any atom is 0.227 e. The summed E-state index contributed by atoms with van der Waals surface area (Å²) >= 11 is 0. The van der Waals surface area contributed by atoms with Crippen LogP contribution in [0.5, 0.6) is 0 Å². The van der Waals surface area contributed by atoms with E-state index >= 15 is 0 Å². The molecule has 2 unspecified atom stereocenters. The van der Waals surface area contributed by atoms with Crippen molar-refractivity contribution in [2.45, 2.75) is 32.2 Å². The van der Waals surface area contributed by atoms with Crippen molar-refractivity contribution in [2.75, 3.05) is 13.1 Å². The van der Waals surface area contributed by atoms with Gasteiger partial charge in [-0.1, -0.05) is 19.1 Å². The molecular weight excluding hydrogens is 243 g/mol. The predicted molar refractivity (Wildman–Crippen MR) is 73.1 cm³/mol. The number of hydrogen-bond donors (Lipinski definition) is 1. The minimum Gasteiger partial charge on any atom is -0.338 e. The first kappa shape index (κ1) is 14.0. The molecule has 1 saturated heterocycles. The highest BCUT2D eigenvalue weighted by Gasteiger charge is 2.30. The number of hydrogen-bond acceptors (Lipinski definition) is 2. The zero-order valence-electron chi connectivity index (χ0n) is 11.3. The van der Waals surface area contributed by atoms with Crippen molar-refractivity contribution in [1.29, 1.82) is 0 Å². The minimum atomic E-state index is -0.298. The quantitative estimate of drug-likeness (QED) is 0.907. The maximum absolute atomic E-state index is 13.1. The van der Waals surface area contributed by atoms with Gasteiger partial charge in [0.1, 0.15) is 5.82 Å². The van der Waals surface area contributed by atoms with Crippen molar-refractivity contribution in [3.8, 4) is 0 Å². The Kier molecular flexibility index (Phi) is 4.53. The number of piperidine rings is 1. The first-order valence-electron chi connectivity index (χ1n) is 6.86. The molecule has 0 aromatic heterocycles. The van der Waals surface area contributed by atoms with Crippen LogP contribution in [0.4, 0.5) is 4.39 Å². The lowest BCUT2D eigenvalue weighted by Gasteiger charge is -2.39. The Bertz CT molecular complexity index is 450. The van der Waals surface area contributed by atoms with Crippen molar-refractivity contribution < 1.29 is 9.18 Å². The summed E-state index contributed by atoms with van der Waals surface area (Å²) in [7, 11) is 0. The van der Waals surface area contributed by atoms with Crippen molar-refractivity contribution in [2.24, 2.45) is 11.7 Å². The van der Waals surface area contributed by atoms with E-state index in [0.717, 1.165) is 24.9 Å². The van der Waals surface area contributed by atoms with E-state index in [9.17, 15) is 9.18 Å². The molecule has 1 aromatic carbocycles. The molecular formula is C15H21FN2O. The van der Waals surface area contributed by atoms with Gasteiger partial charge in [0.25, 0.3) is 0 Å². The number of halogens is 1. The molecule has 0 radical (unpaired) electrons. The van der Waals surface area contributed by atoms with Crippen molar-refractivity contribution in [3.63, 3.8) is 0 Å². The number of nitrogens with two attached hydrogens (primary N) is 1. The maximum atomic E-state index is 13.1. The van der Waals surface area contributed by atoms with Gasteiger partial charge in [0, 0.05) is 19.1 Å². The average molecular weight is 264 g/mol. The van der Waals surface area contributed by atoms with Gasteiger partial charge in [-0.25, -0.2) is 4.39 Å². The van der Waals surface area contributed by atoms with E-state index in [0.29, 0.717) is 12.5 Å².